The van der Waals surface area contributed by atoms with E-state index in [-0.39, 0.29) is 5.75 Å². The Morgan fingerprint density at radius 3 is 2.50 bits per heavy atom. The molecule has 0 amide bonds. The van der Waals surface area contributed by atoms with Gasteiger partial charge in [0.05, 0.1) is 5.92 Å². The van der Waals surface area contributed by atoms with Gasteiger partial charge in [-0.1, -0.05) is 12.1 Å². The minimum Gasteiger partial charge on any atom is -0.508 e. The van der Waals surface area contributed by atoms with Crippen molar-refractivity contribution in [2.24, 2.45) is 5.73 Å². The van der Waals surface area contributed by atoms with Crippen LogP contribution in [0.2, 0.25) is 0 Å². The van der Waals surface area contributed by atoms with Crippen LogP contribution in [0.5, 0.6) is 5.75 Å². The van der Waals surface area contributed by atoms with Crippen molar-refractivity contribution in [1.82, 2.24) is 0 Å². The zero-order chi connectivity index (χ0) is 12.0. The highest BCUT2D eigenvalue weighted by molar-refractivity contribution is 5.35. The largest absolute Gasteiger partial charge is 0.508 e. The monoisotopic (exact) mass is 227 g/mol. The van der Waals surface area contributed by atoms with Crippen molar-refractivity contribution in [2.75, 3.05) is 0 Å². The Kier molecular flexibility index (Phi) is 2.42. The van der Waals surface area contributed by atoms with Crippen LogP contribution in [0, 0.1) is 0 Å². The third-order valence-corrected chi connectivity index (χ3v) is 3.11. The summed E-state index contributed by atoms with van der Waals surface area (Å²) >= 11 is 0. The van der Waals surface area contributed by atoms with E-state index in [1.165, 1.54) is 12.1 Å². The number of halogens is 2. The smallest absolute Gasteiger partial charge is 0.253 e. The maximum atomic E-state index is 13.6. The standard InChI is InChI=1S/C12H15F2NO/c1-11(13,14)10(12(15)5-6-12)8-3-2-4-9(16)7-8/h2-4,7,10,16H,5-6,15H2,1H3. The lowest BCUT2D eigenvalue weighted by molar-refractivity contribution is -0.0196. The second kappa shape index (κ2) is 3.42. The van der Waals surface area contributed by atoms with E-state index in [2.05, 4.69) is 0 Å². The molecule has 2 rings (SSSR count). The van der Waals surface area contributed by atoms with Crippen LogP contribution < -0.4 is 5.73 Å². The Morgan fingerprint density at radius 2 is 2.06 bits per heavy atom. The second-order valence-corrected chi connectivity index (χ2v) is 4.72. The number of hydrogen-bond donors (Lipinski definition) is 2. The van der Waals surface area contributed by atoms with Crippen LogP contribution in [-0.4, -0.2) is 16.6 Å². The molecule has 0 spiro atoms. The second-order valence-electron chi connectivity index (χ2n) is 4.72. The summed E-state index contributed by atoms with van der Waals surface area (Å²) in [6.07, 6.45) is 1.22. The molecule has 4 heteroatoms. The van der Waals surface area contributed by atoms with Crippen molar-refractivity contribution in [1.29, 1.82) is 0 Å². The summed E-state index contributed by atoms with van der Waals surface area (Å²) in [6, 6.07) is 5.99. The maximum absolute atomic E-state index is 13.6. The predicted molar refractivity (Wildman–Crippen MR) is 57.6 cm³/mol. The van der Waals surface area contributed by atoms with E-state index in [9.17, 15) is 13.9 Å². The summed E-state index contributed by atoms with van der Waals surface area (Å²) < 4.78 is 27.2. The summed E-state index contributed by atoms with van der Waals surface area (Å²) in [5.74, 6) is -3.90. The van der Waals surface area contributed by atoms with Crippen molar-refractivity contribution in [2.45, 2.75) is 37.1 Å². The van der Waals surface area contributed by atoms with Crippen LogP contribution in [0.15, 0.2) is 24.3 Å². The fourth-order valence-corrected chi connectivity index (χ4v) is 2.27. The molecule has 1 aliphatic carbocycles. The van der Waals surface area contributed by atoms with Gasteiger partial charge in [-0.25, -0.2) is 8.78 Å². The number of phenolic OH excluding ortho intramolecular Hbond substituents is 1. The average Bonchev–Trinajstić information content (AvgIpc) is 2.81. The van der Waals surface area contributed by atoms with Gasteiger partial charge >= 0.3 is 0 Å². The van der Waals surface area contributed by atoms with Crippen LogP contribution in [0.25, 0.3) is 0 Å². The first kappa shape index (κ1) is 11.3. The van der Waals surface area contributed by atoms with Gasteiger partial charge in [-0.3, -0.25) is 0 Å². The summed E-state index contributed by atoms with van der Waals surface area (Å²) in [7, 11) is 0. The number of hydrogen-bond acceptors (Lipinski definition) is 2. The SMILES string of the molecule is CC(F)(F)C(c1cccc(O)c1)C1(N)CC1. The molecule has 2 nitrogen and oxygen atoms in total. The van der Waals surface area contributed by atoms with Crippen LogP contribution in [0.3, 0.4) is 0 Å². The fraction of sp³-hybridized carbons (Fsp3) is 0.500. The average molecular weight is 227 g/mol. The Bertz CT molecular complexity index is 391. The molecule has 0 heterocycles. The molecule has 0 radical (unpaired) electrons. The van der Waals surface area contributed by atoms with Crippen LogP contribution in [-0.2, 0) is 0 Å². The van der Waals surface area contributed by atoms with Gasteiger partial charge in [0, 0.05) is 12.5 Å². The third-order valence-electron chi connectivity index (χ3n) is 3.11. The van der Waals surface area contributed by atoms with Gasteiger partial charge in [-0.2, -0.15) is 0 Å². The highest BCUT2D eigenvalue weighted by Crippen LogP contribution is 2.52. The van der Waals surface area contributed by atoms with Crippen LogP contribution >= 0.6 is 0 Å². The molecule has 3 N–H and O–H groups in total. The number of rotatable bonds is 3. The zero-order valence-corrected chi connectivity index (χ0v) is 9.08. The van der Waals surface area contributed by atoms with Gasteiger partial charge in [0.2, 0.25) is 0 Å². The van der Waals surface area contributed by atoms with E-state index in [0.29, 0.717) is 18.4 Å². The Morgan fingerprint density at radius 1 is 1.44 bits per heavy atom. The van der Waals surface area contributed by atoms with E-state index >= 15 is 0 Å². The first-order chi connectivity index (χ1) is 7.33. The fourth-order valence-electron chi connectivity index (χ4n) is 2.27. The van der Waals surface area contributed by atoms with Crippen LogP contribution in [0.1, 0.15) is 31.2 Å². The quantitative estimate of drug-likeness (QED) is 0.833. The number of phenols is 1. The molecule has 88 valence electrons. The molecule has 0 bridgehead atoms. The molecule has 1 atom stereocenters. The minimum atomic E-state index is -2.88. The van der Waals surface area contributed by atoms with Crippen molar-refractivity contribution in [3.63, 3.8) is 0 Å². The molecule has 1 fully saturated rings. The lowest BCUT2D eigenvalue weighted by Gasteiger charge is -2.29. The number of nitrogens with two attached hydrogens (primary N) is 1. The molecular weight excluding hydrogens is 212 g/mol. The van der Waals surface area contributed by atoms with Gasteiger partial charge in [0.1, 0.15) is 5.75 Å². The van der Waals surface area contributed by atoms with Gasteiger partial charge in [0.15, 0.2) is 0 Å². The molecule has 0 aliphatic heterocycles. The van der Waals surface area contributed by atoms with Gasteiger partial charge in [0.25, 0.3) is 5.92 Å². The van der Waals surface area contributed by atoms with Gasteiger partial charge in [-0.05, 0) is 30.5 Å². The topological polar surface area (TPSA) is 46.2 Å². The summed E-state index contributed by atoms with van der Waals surface area (Å²) in [5.41, 5.74) is 5.49. The highest BCUT2D eigenvalue weighted by atomic mass is 19.3. The lowest BCUT2D eigenvalue weighted by atomic mass is 9.85. The number of alkyl halides is 2. The zero-order valence-electron chi connectivity index (χ0n) is 9.08. The van der Waals surface area contributed by atoms with Crippen molar-refractivity contribution in [3.05, 3.63) is 29.8 Å². The van der Waals surface area contributed by atoms with Crippen molar-refractivity contribution >= 4 is 0 Å². The van der Waals surface area contributed by atoms with E-state index in [1.807, 2.05) is 0 Å². The third kappa shape index (κ3) is 2.02. The Hall–Kier alpha value is -1.16. The number of aromatic hydroxyl groups is 1. The first-order valence-corrected chi connectivity index (χ1v) is 5.28. The molecule has 1 aromatic rings. The molecule has 16 heavy (non-hydrogen) atoms. The Labute approximate surface area is 93.1 Å². The van der Waals surface area contributed by atoms with Crippen molar-refractivity contribution in [3.8, 4) is 5.75 Å². The molecular formula is C12H15F2NO. The van der Waals surface area contributed by atoms with E-state index in [4.69, 9.17) is 5.73 Å². The predicted octanol–water partition coefficient (Wildman–Crippen LogP) is 2.62. The van der Waals surface area contributed by atoms with E-state index < -0.39 is 17.4 Å². The maximum Gasteiger partial charge on any atom is 0.253 e. The Balaban J connectivity index is 2.40. The molecule has 1 aliphatic rings. The van der Waals surface area contributed by atoms with Gasteiger partial charge < -0.3 is 10.8 Å². The van der Waals surface area contributed by atoms with Crippen molar-refractivity contribution < 1.29 is 13.9 Å². The number of benzene rings is 1. The van der Waals surface area contributed by atoms with Crippen LogP contribution in [0.4, 0.5) is 8.78 Å². The molecule has 1 saturated carbocycles. The first-order valence-electron chi connectivity index (χ1n) is 5.28. The summed E-state index contributed by atoms with van der Waals surface area (Å²) in [6.45, 7) is 0.884. The molecule has 1 unspecified atom stereocenters. The summed E-state index contributed by atoms with van der Waals surface area (Å²) in [4.78, 5) is 0. The molecule has 0 saturated heterocycles. The molecule has 1 aromatic carbocycles. The molecule has 0 aromatic heterocycles. The normalized spacial score (nSPS) is 20.5. The lowest BCUT2D eigenvalue weighted by Crippen LogP contribution is -2.40. The minimum absolute atomic E-state index is 0.00370. The van der Waals surface area contributed by atoms with E-state index in [1.54, 1.807) is 12.1 Å². The summed E-state index contributed by atoms with van der Waals surface area (Å²) in [5, 5.41) is 9.33. The highest BCUT2D eigenvalue weighted by Gasteiger charge is 2.55. The van der Waals surface area contributed by atoms with Gasteiger partial charge in [-0.15, -0.1) is 0 Å². The van der Waals surface area contributed by atoms with E-state index in [0.717, 1.165) is 6.92 Å².